The Labute approximate surface area is 210 Å². The van der Waals surface area contributed by atoms with E-state index in [0.717, 1.165) is 29.3 Å². The molecule has 0 fully saturated rings. The third-order valence-corrected chi connectivity index (χ3v) is 5.89. The molecule has 0 aliphatic rings. The number of anilines is 1. The fourth-order valence-corrected chi connectivity index (χ4v) is 4.07. The zero-order chi connectivity index (χ0) is 26.2. The maximum Gasteiger partial charge on any atom is 0.325 e. The Morgan fingerprint density at radius 2 is 1.67 bits per heavy atom. The van der Waals surface area contributed by atoms with Crippen molar-refractivity contribution in [3.05, 3.63) is 53.7 Å². The topological polar surface area (TPSA) is 99.1 Å². The number of ether oxygens (including phenoxy) is 3. The summed E-state index contributed by atoms with van der Waals surface area (Å²) >= 11 is 0. The predicted octanol–water partition coefficient (Wildman–Crippen LogP) is 3.70. The summed E-state index contributed by atoms with van der Waals surface area (Å²) in [6, 6.07) is 12.7. The van der Waals surface area contributed by atoms with Gasteiger partial charge < -0.3 is 29.0 Å². The molecule has 0 spiro atoms. The Hall–Kier alpha value is -4.01. The Morgan fingerprint density at radius 1 is 1.00 bits per heavy atom. The maximum absolute atomic E-state index is 13.4. The van der Waals surface area contributed by atoms with Gasteiger partial charge in [-0.25, -0.2) is 0 Å². The molecule has 0 unspecified atom stereocenters. The predicted molar refractivity (Wildman–Crippen MR) is 138 cm³/mol. The van der Waals surface area contributed by atoms with E-state index in [0.29, 0.717) is 23.7 Å². The standard InChI is InChI=1S/C27H33N3O6/c1-6-7-12-29(26-22(34-3)13-18(2)14-23(26)35-4)24(31)16-28-27(33)21-15-19-10-8-9-11-20(19)30(21)17-25(32)36-5/h8-11,13-15H,6-7,12,16-17H2,1-5H3,(H,28,33). The molecule has 2 amide bonds. The number of unbranched alkanes of at least 4 members (excludes halogenated alkanes) is 1. The molecule has 0 saturated heterocycles. The van der Waals surface area contributed by atoms with Gasteiger partial charge in [0.25, 0.3) is 5.91 Å². The van der Waals surface area contributed by atoms with Gasteiger partial charge in [-0.1, -0.05) is 31.5 Å². The van der Waals surface area contributed by atoms with Crippen molar-refractivity contribution in [2.75, 3.05) is 39.3 Å². The largest absolute Gasteiger partial charge is 0.494 e. The van der Waals surface area contributed by atoms with E-state index < -0.39 is 11.9 Å². The van der Waals surface area contributed by atoms with Gasteiger partial charge in [0.15, 0.2) is 0 Å². The molecule has 3 rings (SSSR count). The van der Waals surface area contributed by atoms with E-state index in [2.05, 4.69) is 5.32 Å². The lowest BCUT2D eigenvalue weighted by Gasteiger charge is -2.27. The molecule has 1 N–H and O–H groups in total. The lowest BCUT2D eigenvalue weighted by Crippen LogP contribution is -2.41. The number of nitrogens with one attached hydrogen (secondary N) is 1. The van der Waals surface area contributed by atoms with Crippen LogP contribution in [0.25, 0.3) is 10.9 Å². The number of hydrogen-bond donors (Lipinski definition) is 1. The second-order valence-electron chi connectivity index (χ2n) is 8.35. The first-order valence-electron chi connectivity index (χ1n) is 11.8. The molecule has 192 valence electrons. The summed E-state index contributed by atoms with van der Waals surface area (Å²) in [6.45, 7) is 4.02. The number of esters is 1. The van der Waals surface area contributed by atoms with Crippen molar-refractivity contribution in [3.8, 4) is 11.5 Å². The molecule has 36 heavy (non-hydrogen) atoms. The Bertz CT molecular complexity index is 1220. The Balaban J connectivity index is 1.88. The molecule has 1 heterocycles. The minimum Gasteiger partial charge on any atom is -0.494 e. The summed E-state index contributed by atoms with van der Waals surface area (Å²) in [4.78, 5) is 40.2. The molecular formula is C27H33N3O6. The van der Waals surface area contributed by atoms with Crippen LogP contribution < -0.4 is 19.7 Å². The molecule has 0 saturated carbocycles. The minimum atomic E-state index is -0.481. The van der Waals surface area contributed by atoms with Gasteiger partial charge in [0.2, 0.25) is 5.91 Å². The highest BCUT2D eigenvalue weighted by atomic mass is 16.5. The fraction of sp³-hybridized carbons (Fsp3) is 0.370. The monoisotopic (exact) mass is 495 g/mol. The second-order valence-corrected chi connectivity index (χ2v) is 8.35. The molecule has 1 aromatic heterocycles. The van der Waals surface area contributed by atoms with Gasteiger partial charge >= 0.3 is 5.97 Å². The van der Waals surface area contributed by atoms with Gasteiger partial charge in [0, 0.05) is 17.4 Å². The summed E-state index contributed by atoms with van der Waals surface area (Å²) in [5, 5.41) is 3.52. The van der Waals surface area contributed by atoms with Crippen molar-refractivity contribution in [1.29, 1.82) is 0 Å². The highest BCUT2D eigenvalue weighted by molar-refractivity contribution is 6.03. The summed E-state index contributed by atoms with van der Waals surface area (Å²) in [7, 11) is 4.38. The van der Waals surface area contributed by atoms with Crippen LogP contribution in [-0.4, -0.2) is 56.8 Å². The van der Waals surface area contributed by atoms with Gasteiger partial charge in [-0.2, -0.15) is 0 Å². The number of carbonyl (C=O) groups is 3. The van der Waals surface area contributed by atoms with Crippen molar-refractivity contribution < 1.29 is 28.6 Å². The van der Waals surface area contributed by atoms with Crippen LogP contribution in [0.5, 0.6) is 11.5 Å². The lowest BCUT2D eigenvalue weighted by atomic mass is 10.1. The summed E-state index contributed by atoms with van der Waals surface area (Å²) in [5.41, 5.74) is 2.44. The van der Waals surface area contributed by atoms with Crippen LogP contribution in [0, 0.1) is 6.92 Å². The number of methoxy groups -OCH3 is 3. The smallest absolute Gasteiger partial charge is 0.325 e. The molecule has 9 nitrogen and oxygen atoms in total. The lowest BCUT2D eigenvalue weighted by molar-refractivity contribution is -0.141. The summed E-state index contributed by atoms with van der Waals surface area (Å²) < 4.78 is 17.5. The van der Waals surface area contributed by atoms with Gasteiger partial charge in [-0.15, -0.1) is 0 Å². The summed E-state index contributed by atoms with van der Waals surface area (Å²) in [6.07, 6.45) is 1.63. The quantitative estimate of drug-likeness (QED) is 0.407. The van der Waals surface area contributed by atoms with Gasteiger partial charge in [-0.3, -0.25) is 14.4 Å². The highest BCUT2D eigenvalue weighted by Gasteiger charge is 2.25. The third-order valence-electron chi connectivity index (χ3n) is 5.89. The number of aryl methyl sites for hydroxylation is 1. The zero-order valence-electron chi connectivity index (χ0n) is 21.4. The molecule has 0 atom stereocenters. The van der Waals surface area contributed by atoms with E-state index >= 15 is 0 Å². The molecule has 0 aliphatic carbocycles. The van der Waals surface area contributed by atoms with Crippen molar-refractivity contribution in [1.82, 2.24) is 9.88 Å². The van der Waals surface area contributed by atoms with E-state index in [9.17, 15) is 14.4 Å². The highest BCUT2D eigenvalue weighted by Crippen LogP contribution is 2.39. The van der Waals surface area contributed by atoms with Crippen LogP contribution in [0.4, 0.5) is 5.69 Å². The van der Waals surface area contributed by atoms with Crippen LogP contribution in [0.1, 0.15) is 35.8 Å². The molecule has 0 aliphatic heterocycles. The van der Waals surface area contributed by atoms with Crippen LogP contribution in [-0.2, 0) is 20.9 Å². The van der Waals surface area contributed by atoms with Gasteiger partial charge in [0.05, 0.1) is 27.9 Å². The van der Waals surface area contributed by atoms with Gasteiger partial charge in [0.1, 0.15) is 29.4 Å². The SMILES string of the molecule is CCCCN(C(=O)CNC(=O)c1cc2ccccc2n1CC(=O)OC)c1c(OC)cc(C)cc1OC. The van der Waals surface area contributed by atoms with Crippen molar-refractivity contribution in [2.45, 2.75) is 33.2 Å². The normalized spacial score (nSPS) is 10.7. The first-order chi connectivity index (χ1) is 17.3. The van der Waals surface area contributed by atoms with Crippen LogP contribution in [0.15, 0.2) is 42.5 Å². The molecule has 3 aromatic rings. The molecule has 0 bridgehead atoms. The van der Waals surface area contributed by atoms with Crippen molar-refractivity contribution in [3.63, 3.8) is 0 Å². The molecule has 2 aromatic carbocycles. The van der Waals surface area contributed by atoms with E-state index in [1.54, 1.807) is 29.8 Å². The zero-order valence-corrected chi connectivity index (χ0v) is 21.4. The van der Waals surface area contributed by atoms with E-state index in [4.69, 9.17) is 14.2 Å². The summed E-state index contributed by atoms with van der Waals surface area (Å²) in [5.74, 6) is -0.234. The van der Waals surface area contributed by atoms with E-state index in [-0.39, 0.29) is 24.7 Å². The van der Waals surface area contributed by atoms with Crippen LogP contribution in [0.3, 0.4) is 0 Å². The molecule has 0 radical (unpaired) electrons. The fourth-order valence-electron chi connectivity index (χ4n) is 4.07. The number of hydrogen-bond acceptors (Lipinski definition) is 6. The number of amides is 2. The number of nitrogens with zero attached hydrogens (tertiary/aromatic N) is 2. The Kier molecular flexibility index (Phi) is 8.94. The number of rotatable bonds is 11. The minimum absolute atomic E-state index is 0.124. The van der Waals surface area contributed by atoms with Crippen molar-refractivity contribution in [2.24, 2.45) is 0 Å². The number of aromatic nitrogens is 1. The maximum atomic E-state index is 13.4. The first kappa shape index (κ1) is 26.6. The second kappa shape index (κ2) is 12.1. The molecular weight excluding hydrogens is 462 g/mol. The average Bonchev–Trinajstić information content (AvgIpc) is 3.25. The third kappa shape index (κ3) is 5.79. The van der Waals surface area contributed by atoms with E-state index in [1.807, 2.05) is 50.2 Å². The number of fused-ring (bicyclic) bond motifs is 1. The Morgan fingerprint density at radius 3 is 2.28 bits per heavy atom. The number of carbonyl (C=O) groups excluding carboxylic acids is 3. The first-order valence-corrected chi connectivity index (χ1v) is 11.8. The number of para-hydroxylation sites is 1. The van der Waals surface area contributed by atoms with Crippen LogP contribution in [0.2, 0.25) is 0 Å². The molecule has 9 heteroatoms. The number of benzene rings is 2. The van der Waals surface area contributed by atoms with Crippen molar-refractivity contribution >= 4 is 34.4 Å². The van der Waals surface area contributed by atoms with E-state index in [1.165, 1.54) is 7.11 Å². The van der Waals surface area contributed by atoms with Gasteiger partial charge in [-0.05, 0) is 43.2 Å². The van der Waals surface area contributed by atoms with Crippen LogP contribution >= 0.6 is 0 Å². The average molecular weight is 496 g/mol.